The van der Waals surface area contributed by atoms with Crippen LogP contribution in [-0.2, 0) is 11.3 Å². The monoisotopic (exact) mass is 364 g/mol. The van der Waals surface area contributed by atoms with E-state index in [9.17, 15) is 5.21 Å². The lowest BCUT2D eigenvalue weighted by atomic mass is 10.0. The van der Waals surface area contributed by atoms with E-state index in [1.807, 2.05) is 30.3 Å². The lowest BCUT2D eigenvalue weighted by molar-refractivity contribution is 0.0342. The van der Waals surface area contributed by atoms with E-state index < -0.39 is 0 Å². The van der Waals surface area contributed by atoms with E-state index in [4.69, 9.17) is 27.9 Å². The summed E-state index contributed by atoms with van der Waals surface area (Å²) < 4.78 is 5.36. The summed E-state index contributed by atoms with van der Waals surface area (Å²) >= 11 is 12.5. The largest absolute Gasteiger partial charge is 0.410 e. The molecule has 6 heteroatoms. The molecule has 1 heterocycles. The Bertz CT molecular complexity index is 744. The number of ether oxygens (including phenoxy) is 1. The maximum Gasteiger partial charge on any atom is 0.117 e. The van der Waals surface area contributed by atoms with E-state index in [0.29, 0.717) is 15.8 Å². The number of hydrogen-bond donors (Lipinski definition) is 1. The smallest absolute Gasteiger partial charge is 0.117 e. The highest BCUT2D eigenvalue weighted by Crippen LogP contribution is 2.23. The molecule has 1 fully saturated rings. The molecule has 1 saturated heterocycles. The molecule has 0 bridgehead atoms. The Kier molecular flexibility index (Phi) is 5.74. The van der Waals surface area contributed by atoms with Gasteiger partial charge in [0.2, 0.25) is 0 Å². The normalized spacial score (nSPS) is 16.3. The van der Waals surface area contributed by atoms with Gasteiger partial charge >= 0.3 is 0 Å². The Balaban J connectivity index is 1.82. The van der Waals surface area contributed by atoms with Gasteiger partial charge in [0, 0.05) is 40.8 Å². The minimum absolute atomic E-state index is 0.442. The zero-order valence-corrected chi connectivity index (χ0v) is 14.6. The van der Waals surface area contributed by atoms with Crippen LogP contribution in [0.4, 0.5) is 0 Å². The molecule has 4 nitrogen and oxygen atoms in total. The number of morpholine rings is 1. The van der Waals surface area contributed by atoms with Gasteiger partial charge in [-0.25, -0.2) is 0 Å². The second-order valence-electron chi connectivity index (χ2n) is 5.65. The van der Waals surface area contributed by atoms with E-state index in [0.717, 1.165) is 49.5 Å². The van der Waals surface area contributed by atoms with Crippen LogP contribution >= 0.6 is 23.2 Å². The molecule has 0 unspecified atom stereocenters. The van der Waals surface area contributed by atoms with E-state index in [-0.39, 0.29) is 0 Å². The summed E-state index contributed by atoms with van der Waals surface area (Å²) in [5, 5.41) is 14.1. The highest BCUT2D eigenvalue weighted by molar-refractivity contribution is 6.32. The molecule has 0 atom stereocenters. The van der Waals surface area contributed by atoms with Crippen LogP contribution in [0.3, 0.4) is 0 Å². The van der Waals surface area contributed by atoms with Crippen LogP contribution < -0.4 is 0 Å². The summed E-state index contributed by atoms with van der Waals surface area (Å²) in [6.45, 7) is 4.11. The molecule has 0 amide bonds. The Morgan fingerprint density at radius 1 is 1.08 bits per heavy atom. The predicted octanol–water partition coefficient (Wildman–Crippen LogP) is 4.05. The summed E-state index contributed by atoms with van der Waals surface area (Å²) in [6.07, 6.45) is 0. The molecule has 24 heavy (non-hydrogen) atoms. The molecule has 0 saturated carbocycles. The van der Waals surface area contributed by atoms with Crippen LogP contribution in [0.2, 0.25) is 10.0 Å². The number of hydrogen-bond acceptors (Lipinski definition) is 4. The van der Waals surface area contributed by atoms with E-state index >= 15 is 0 Å². The maximum atomic E-state index is 9.42. The highest BCUT2D eigenvalue weighted by atomic mass is 35.5. The molecule has 0 aliphatic carbocycles. The van der Waals surface area contributed by atoms with Crippen molar-refractivity contribution < 1.29 is 9.94 Å². The third kappa shape index (κ3) is 4.08. The van der Waals surface area contributed by atoms with Crippen molar-refractivity contribution in [3.63, 3.8) is 0 Å². The van der Waals surface area contributed by atoms with Gasteiger partial charge in [0.25, 0.3) is 0 Å². The number of rotatable bonds is 4. The van der Waals surface area contributed by atoms with Gasteiger partial charge in [0.05, 0.1) is 13.2 Å². The van der Waals surface area contributed by atoms with Crippen molar-refractivity contribution in [3.8, 4) is 0 Å². The highest BCUT2D eigenvalue weighted by Gasteiger charge is 2.14. The first kappa shape index (κ1) is 17.2. The lowest BCUT2D eigenvalue weighted by Crippen LogP contribution is -2.35. The SMILES string of the molecule is ON=C(c1cccc(Cl)c1)c1ccc(CN2CCOCC2)c(Cl)c1. The fraction of sp³-hybridized carbons (Fsp3) is 0.278. The average molecular weight is 365 g/mol. The predicted molar refractivity (Wildman–Crippen MR) is 96.4 cm³/mol. The molecular formula is C18H18Cl2N2O2. The van der Waals surface area contributed by atoms with Crippen LogP contribution in [-0.4, -0.2) is 42.1 Å². The second-order valence-corrected chi connectivity index (χ2v) is 6.50. The number of oxime groups is 1. The average Bonchev–Trinajstić information content (AvgIpc) is 2.59. The quantitative estimate of drug-likeness (QED) is 0.505. The van der Waals surface area contributed by atoms with Gasteiger partial charge in [-0.2, -0.15) is 0 Å². The van der Waals surface area contributed by atoms with Crippen molar-refractivity contribution in [1.29, 1.82) is 0 Å². The summed E-state index contributed by atoms with van der Waals surface area (Å²) in [6, 6.07) is 12.9. The van der Waals surface area contributed by atoms with E-state index in [1.165, 1.54) is 0 Å². The van der Waals surface area contributed by atoms with Gasteiger partial charge in [-0.05, 0) is 23.8 Å². The molecule has 3 rings (SSSR count). The maximum absolute atomic E-state index is 9.42. The Morgan fingerprint density at radius 2 is 1.83 bits per heavy atom. The molecule has 0 spiro atoms. The summed E-state index contributed by atoms with van der Waals surface area (Å²) in [5.41, 5.74) is 2.97. The molecule has 126 valence electrons. The van der Waals surface area contributed by atoms with Gasteiger partial charge in [-0.15, -0.1) is 0 Å². The molecule has 2 aromatic carbocycles. The van der Waals surface area contributed by atoms with Crippen molar-refractivity contribution in [3.05, 3.63) is 69.2 Å². The minimum atomic E-state index is 0.442. The first-order valence-corrected chi connectivity index (χ1v) is 8.50. The van der Waals surface area contributed by atoms with Crippen molar-refractivity contribution in [2.45, 2.75) is 6.54 Å². The minimum Gasteiger partial charge on any atom is -0.410 e. The van der Waals surface area contributed by atoms with Gasteiger partial charge in [0.1, 0.15) is 5.71 Å². The third-order valence-electron chi connectivity index (χ3n) is 4.02. The van der Waals surface area contributed by atoms with Gasteiger partial charge in [-0.3, -0.25) is 4.90 Å². The number of nitrogens with zero attached hydrogens (tertiary/aromatic N) is 2. The van der Waals surface area contributed by atoms with Crippen LogP contribution in [0.25, 0.3) is 0 Å². The summed E-state index contributed by atoms with van der Waals surface area (Å²) in [5.74, 6) is 0. The molecule has 0 radical (unpaired) electrons. The zero-order valence-electron chi connectivity index (χ0n) is 13.1. The van der Waals surface area contributed by atoms with Crippen LogP contribution in [0.15, 0.2) is 47.6 Å². The zero-order chi connectivity index (χ0) is 16.9. The van der Waals surface area contributed by atoms with Crippen LogP contribution in [0.5, 0.6) is 0 Å². The van der Waals surface area contributed by atoms with Crippen molar-refractivity contribution >= 4 is 28.9 Å². The van der Waals surface area contributed by atoms with Gasteiger partial charge < -0.3 is 9.94 Å². The number of halogens is 2. The third-order valence-corrected chi connectivity index (χ3v) is 4.61. The van der Waals surface area contributed by atoms with Gasteiger partial charge in [-0.1, -0.05) is 52.6 Å². The van der Waals surface area contributed by atoms with Gasteiger partial charge in [0.15, 0.2) is 0 Å². The Labute approximate surface area is 151 Å². The summed E-state index contributed by atoms with van der Waals surface area (Å²) in [7, 11) is 0. The first-order valence-electron chi connectivity index (χ1n) is 7.74. The molecule has 2 aromatic rings. The fourth-order valence-electron chi connectivity index (χ4n) is 2.74. The Hall–Kier alpha value is -1.59. The van der Waals surface area contributed by atoms with Crippen LogP contribution in [0, 0.1) is 0 Å². The molecular weight excluding hydrogens is 347 g/mol. The lowest BCUT2D eigenvalue weighted by Gasteiger charge is -2.27. The van der Waals surface area contributed by atoms with E-state index in [1.54, 1.807) is 12.1 Å². The van der Waals surface area contributed by atoms with Crippen molar-refractivity contribution in [1.82, 2.24) is 4.90 Å². The van der Waals surface area contributed by atoms with Crippen molar-refractivity contribution in [2.75, 3.05) is 26.3 Å². The second kappa shape index (κ2) is 7.99. The fourth-order valence-corrected chi connectivity index (χ4v) is 3.17. The number of benzene rings is 2. The van der Waals surface area contributed by atoms with Crippen molar-refractivity contribution in [2.24, 2.45) is 5.16 Å². The molecule has 1 aliphatic heterocycles. The standard InChI is InChI=1S/C18H18Cl2N2O2/c19-16-3-1-2-13(10-16)18(21-23)14-4-5-15(17(20)11-14)12-22-6-8-24-9-7-22/h1-5,10-11,23H,6-9,12H2. The Morgan fingerprint density at radius 3 is 2.50 bits per heavy atom. The topological polar surface area (TPSA) is 45.1 Å². The molecule has 0 aromatic heterocycles. The molecule has 1 aliphatic rings. The van der Waals surface area contributed by atoms with Crippen LogP contribution in [0.1, 0.15) is 16.7 Å². The van der Waals surface area contributed by atoms with E-state index in [2.05, 4.69) is 10.1 Å². The first-order chi connectivity index (χ1) is 11.7. The summed E-state index contributed by atoms with van der Waals surface area (Å²) in [4.78, 5) is 2.31. The molecule has 1 N–H and O–H groups in total.